The lowest BCUT2D eigenvalue weighted by Gasteiger charge is -2.41. The molecule has 1 atom stereocenters. The summed E-state index contributed by atoms with van der Waals surface area (Å²) in [5.74, 6) is 1.32. The van der Waals surface area contributed by atoms with E-state index in [1.807, 2.05) is 17.9 Å². The molecule has 0 unspecified atom stereocenters. The minimum Gasteiger partial charge on any atom is -0.459 e. The van der Waals surface area contributed by atoms with E-state index in [4.69, 9.17) is 4.42 Å². The van der Waals surface area contributed by atoms with Crippen LogP contribution >= 0.6 is 0 Å². The number of hydrogen-bond acceptors (Lipinski definition) is 3. The summed E-state index contributed by atoms with van der Waals surface area (Å²) in [5, 5.41) is 0. The first-order valence-corrected chi connectivity index (χ1v) is 10.2. The van der Waals surface area contributed by atoms with E-state index >= 15 is 0 Å². The number of carbonyl (C=O) groups excluding carboxylic acids is 2. The van der Waals surface area contributed by atoms with E-state index in [2.05, 4.69) is 4.90 Å². The summed E-state index contributed by atoms with van der Waals surface area (Å²) < 4.78 is 5.38. The highest BCUT2D eigenvalue weighted by Gasteiger charge is 2.50. The average molecular weight is 358 g/mol. The van der Waals surface area contributed by atoms with E-state index < -0.39 is 0 Å². The SMILES string of the molecule is Cc1ccoc1C(=O)N1CC[C@@]2(CCCN(CC3CCCCC3)C2=O)C1. The van der Waals surface area contributed by atoms with Gasteiger partial charge in [0.2, 0.25) is 5.91 Å². The van der Waals surface area contributed by atoms with Crippen LogP contribution in [0.5, 0.6) is 0 Å². The van der Waals surface area contributed by atoms with Crippen molar-refractivity contribution in [3.05, 3.63) is 23.7 Å². The van der Waals surface area contributed by atoms with E-state index in [0.717, 1.165) is 37.9 Å². The lowest BCUT2D eigenvalue weighted by atomic mass is 9.77. The molecule has 1 aliphatic carbocycles. The quantitative estimate of drug-likeness (QED) is 0.829. The van der Waals surface area contributed by atoms with E-state index in [-0.39, 0.29) is 11.3 Å². The van der Waals surface area contributed by atoms with E-state index in [1.54, 1.807) is 6.26 Å². The Labute approximate surface area is 155 Å². The average Bonchev–Trinajstić information content (AvgIpc) is 3.27. The van der Waals surface area contributed by atoms with Crippen molar-refractivity contribution in [2.24, 2.45) is 11.3 Å². The number of aryl methyl sites for hydroxylation is 1. The maximum Gasteiger partial charge on any atom is 0.289 e. The second-order valence-corrected chi connectivity index (χ2v) is 8.55. The molecular formula is C21H30N2O3. The maximum atomic E-state index is 13.3. The van der Waals surface area contributed by atoms with Gasteiger partial charge < -0.3 is 14.2 Å². The van der Waals surface area contributed by atoms with Crippen molar-refractivity contribution in [3.63, 3.8) is 0 Å². The molecule has 3 fully saturated rings. The highest BCUT2D eigenvalue weighted by molar-refractivity contribution is 5.94. The molecule has 26 heavy (non-hydrogen) atoms. The van der Waals surface area contributed by atoms with Gasteiger partial charge in [0.1, 0.15) is 0 Å². The second kappa shape index (κ2) is 7.09. The number of amides is 2. The number of piperidine rings is 1. The molecule has 2 saturated heterocycles. The van der Waals surface area contributed by atoms with Gasteiger partial charge in [-0.1, -0.05) is 19.3 Å². The van der Waals surface area contributed by atoms with Crippen LogP contribution in [0.25, 0.3) is 0 Å². The molecule has 142 valence electrons. The third-order valence-corrected chi connectivity index (χ3v) is 6.72. The van der Waals surface area contributed by atoms with Crippen LogP contribution in [0.4, 0.5) is 0 Å². The van der Waals surface area contributed by atoms with Gasteiger partial charge >= 0.3 is 0 Å². The van der Waals surface area contributed by atoms with Gasteiger partial charge in [-0.05, 0) is 51.0 Å². The number of rotatable bonds is 3. The van der Waals surface area contributed by atoms with Crippen LogP contribution in [-0.4, -0.2) is 47.8 Å². The molecular weight excluding hydrogens is 328 g/mol. The van der Waals surface area contributed by atoms with Crippen LogP contribution in [0.15, 0.2) is 16.7 Å². The molecule has 0 bridgehead atoms. The van der Waals surface area contributed by atoms with Crippen LogP contribution in [0.2, 0.25) is 0 Å². The molecule has 5 nitrogen and oxygen atoms in total. The Morgan fingerprint density at radius 3 is 2.73 bits per heavy atom. The van der Waals surface area contributed by atoms with E-state index in [9.17, 15) is 9.59 Å². The Kier molecular flexibility index (Phi) is 4.80. The molecule has 0 N–H and O–H groups in total. The number of nitrogens with zero attached hydrogens (tertiary/aromatic N) is 2. The Bertz CT molecular complexity index is 677. The molecule has 1 aromatic rings. The Morgan fingerprint density at radius 2 is 2.00 bits per heavy atom. The Hall–Kier alpha value is -1.78. The molecule has 0 radical (unpaired) electrons. The van der Waals surface area contributed by atoms with Crippen LogP contribution < -0.4 is 0 Å². The van der Waals surface area contributed by atoms with Crippen molar-refractivity contribution in [1.29, 1.82) is 0 Å². The Morgan fingerprint density at radius 1 is 1.19 bits per heavy atom. The molecule has 0 aromatic carbocycles. The van der Waals surface area contributed by atoms with Crippen molar-refractivity contribution in [2.45, 2.75) is 58.3 Å². The van der Waals surface area contributed by atoms with Gasteiger partial charge in [-0.3, -0.25) is 9.59 Å². The van der Waals surface area contributed by atoms with Crippen molar-refractivity contribution < 1.29 is 14.0 Å². The van der Waals surface area contributed by atoms with Gasteiger partial charge in [0.15, 0.2) is 5.76 Å². The standard InChI is InChI=1S/C21H30N2O3/c1-16-8-13-26-18(16)19(24)23-12-10-21(15-23)9-5-11-22(20(21)25)14-17-6-3-2-4-7-17/h8,13,17H,2-7,9-12,14-15H2,1H3/t21-/m0/s1. The van der Waals surface area contributed by atoms with Gasteiger partial charge in [0, 0.05) is 31.7 Å². The predicted octanol–water partition coefficient (Wildman–Crippen LogP) is 3.62. The van der Waals surface area contributed by atoms with Crippen LogP contribution in [0.1, 0.15) is 67.5 Å². The predicted molar refractivity (Wildman–Crippen MR) is 98.8 cm³/mol. The number of hydrogen-bond donors (Lipinski definition) is 0. The monoisotopic (exact) mass is 358 g/mol. The largest absolute Gasteiger partial charge is 0.459 e. The fraction of sp³-hybridized carbons (Fsp3) is 0.714. The molecule has 5 heteroatoms. The van der Waals surface area contributed by atoms with E-state index in [0.29, 0.717) is 30.7 Å². The van der Waals surface area contributed by atoms with Crippen LogP contribution in [-0.2, 0) is 4.79 Å². The molecule has 2 aliphatic heterocycles. The molecule has 1 saturated carbocycles. The fourth-order valence-corrected chi connectivity index (χ4v) is 5.17. The van der Waals surface area contributed by atoms with Crippen LogP contribution in [0, 0.1) is 18.3 Å². The molecule has 2 amide bonds. The highest BCUT2D eigenvalue weighted by Crippen LogP contribution is 2.41. The van der Waals surface area contributed by atoms with Gasteiger partial charge in [-0.15, -0.1) is 0 Å². The molecule has 4 rings (SSSR count). The highest BCUT2D eigenvalue weighted by atomic mass is 16.3. The summed E-state index contributed by atoms with van der Waals surface area (Å²) >= 11 is 0. The summed E-state index contributed by atoms with van der Waals surface area (Å²) in [6.45, 7) is 4.91. The smallest absolute Gasteiger partial charge is 0.289 e. The normalized spacial score (nSPS) is 27.5. The van der Waals surface area contributed by atoms with Gasteiger partial charge in [0.25, 0.3) is 5.91 Å². The third-order valence-electron chi connectivity index (χ3n) is 6.72. The zero-order valence-corrected chi connectivity index (χ0v) is 15.8. The summed E-state index contributed by atoms with van der Waals surface area (Å²) in [6.07, 6.45) is 10.8. The molecule has 1 spiro atoms. The van der Waals surface area contributed by atoms with Gasteiger partial charge in [-0.2, -0.15) is 0 Å². The first-order chi connectivity index (χ1) is 12.6. The van der Waals surface area contributed by atoms with Crippen molar-refractivity contribution >= 4 is 11.8 Å². The zero-order valence-electron chi connectivity index (χ0n) is 15.8. The van der Waals surface area contributed by atoms with Crippen molar-refractivity contribution in [1.82, 2.24) is 9.80 Å². The number of furan rings is 1. The zero-order chi connectivity index (χ0) is 18.1. The number of carbonyl (C=O) groups is 2. The summed E-state index contributed by atoms with van der Waals surface area (Å²) in [7, 11) is 0. The fourth-order valence-electron chi connectivity index (χ4n) is 5.17. The number of likely N-dealkylation sites (tertiary alicyclic amines) is 2. The first-order valence-electron chi connectivity index (χ1n) is 10.2. The van der Waals surface area contributed by atoms with E-state index in [1.165, 1.54) is 32.1 Å². The summed E-state index contributed by atoms with van der Waals surface area (Å²) in [4.78, 5) is 30.0. The second-order valence-electron chi connectivity index (χ2n) is 8.55. The van der Waals surface area contributed by atoms with Crippen molar-refractivity contribution in [2.75, 3.05) is 26.2 Å². The lowest BCUT2D eigenvalue weighted by Crippen LogP contribution is -2.51. The van der Waals surface area contributed by atoms with Gasteiger partial charge in [0.05, 0.1) is 11.7 Å². The molecule has 3 aliphatic rings. The van der Waals surface area contributed by atoms with Gasteiger partial charge in [-0.25, -0.2) is 0 Å². The Balaban J connectivity index is 1.43. The minimum atomic E-state index is -0.358. The lowest BCUT2D eigenvalue weighted by molar-refractivity contribution is -0.146. The summed E-state index contributed by atoms with van der Waals surface area (Å²) in [6, 6.07) is 1.82. The first kappa shape index (κ1) is 17.6. The van der Waals surface area contributed by atoms with Crippen LogP contribution in [0.3, 0.4) is 0 Å². The molecule has 1 aromatic heterocycles. The third kappa shape index (κ3) is 3.17. The maximum absolute atomic E-state index is 13.3. The topological polar surface area (TPSA) is 53.8 Å². The molecule has 3 heterocycles. The van der Waals surface area contributed by atoms with Crippen molar-refractivity contribution in [3.8, 4) is 0 Å². The minimum absolute atomic E-state index is 0.0680. The summed E-state index contributed by atoms with van der Waals surface area (Å²) in [5.41, 5.74) is 0.508.